The van der Waals surface area contributed by atoms with E-state index in [9.17, 15) is 0 Å². The van der Waals surface area contributed by atoms with Crippen LogP contribution in [0.4, 0.5) is 17.1 Å². The maximum Gasteiger partial charge on any atom is 0.135 e. The van der Waals surface area contributed by atoms with Gasteiger partial charge in [0.25, 0.3) is 0 Å². The van der Waals surface area contributed by atoms with Crippen LogP contribution in [0.2, 0.25) is 0 Å². The average Bonchev–Trinajstić information content (AvgIpc) is 3.84. The first kappa shape index (κ1) is 31.8. The number of hydrogen-bond acceptors (Lipinski definition) is 3. The Morgan fingerprint density at radius 1 is 0.491 bits per heavy atom. The molecule has 9 aromatic rings. The molecule has 0 N–H and O–H groups in total. The van der Waals surface area contributed by atoms with Crippen molar-refractivity contribution in [3.8, 4) is 28.0 Å². The minimum Gasteiger partial charge on any atom is -0.484 e. The summed E-state index contributed by atoms with van der Waals surface area (Å²) in [4.78, 5) is 2.41. The van der Waals surface area contributed by atoms with Crippen molar-refractivity contribution in [2.75, 3.05) is 4.90 Å². The molecule has 2 atom stereocenters. The van der Waals surface area contributed by atoms with Crippen molar-refractivity contribution in [3.05, 3.63) is 211 Å². The van der Waals surface area contributed by atoms with Gasteiger partial charge in [0.15, 0.2) is 0 Å². The van der Waals surface area contributed by atoms with Crippen LogP contribution in [0.15, 0.2) is 200 Å². The van der Waals surface area contributed by atoms with E-state index >= 15 is 0 Å². The first-order valence-corrected chi connectivity index (χ1v) is 19.7. The quantitative estimate of drug-likeness (QED) is 0.169. The van der Waals surface area contributed by atoms with Crippen LogP contribution in [0.25, 0.3) is 58.8 Å². The first-order chi connectivity index (χ1) is 27.3. The first-order valence-electron chi connectivity index (χ1n) is 18.9. The highest BCUT2D eigenvalue weighted by molar-refractivity contribution is 7.26. The van der Waals surface area contributed by atoms with Gasteiger partial charge < -0.3 is 9.64 Å². The summed E-state index contributed by atoms with van der Waals surface area (Å²) in [5, 5.41) is 4.95. The van der Waals surface area contributed by atoms with Crippen LogP contribution in [-0.4, -0.2) is 6.10 Å². The van der Waals surface area contributed by atoms with Gasteiger partial charge in [-0.15, -0.1) is 11.3 Å². The summed E-state index contributed by atoms with van der Waals surface area (Å²) in [6.45, 7) is 0. The lowest BCUT2D eigenvalue weighted by molar-refractivity contribution is 0.281. The molecule has 0 amide bonds. The molecule has 0 saturated carbocycles. The van der Waals surface area contributed by atoms with Gasteiger partial charge in [-0.1, -0.05) is 152 Å². The highest BCUT2D eigenvalue weighted by atomic mass is 32.1. The van der Waals surface area contributed by atoms with Crippen molar-refractivity contribution in [1.29, 1.82) is 0 Å². The molecule has 3 heteroatoms. The summed E-state index contributed by atoms with van der Waals surface area (Å²) in [6, 6.07) is 65.8. The SMILES string of the molecule is C1=CC2c3cc(-c4ccccc4)c4ccccc4c3OC2C(c2ccc(N(c3ccc(-c4ccccc4)cc3)c3cccc4sc5ccccc5c34)cc2)=C1. The second-order valence-electron chi connectivity index (χ2n) is 14.4. The zero-order valence-electron chi connectivity index (χ0n) is 30.0. The minimum absolute atomic E-state index is 0.104. The Hall–Kier alpha value is -6.68. The Labute approximate surface area is 324 Å². The van der Waals surface area contributed by atoms with Crippen LogP contribution in [0.3, 0.4) is 0 Å². The summed E-state index contributed by atoms with van der Waals surface area (Å²) < 4.78 is 9.58. The Morgan fingerprint density at radius 3 is 1.84 bits per heavy atom. The largest absolute Gasteiger partial charge is 0.484 e. The number of fused-ring (bicyclic) bond motifs is 8. The third-order valence-electron chi connectivity index (χ3n) is 11.3. The predicted octanol–water partition coefficient (Wildman–Crippen LogP) is 14.5. The molecule has 2 unspecified atom stereocenters. The normalized spacial score (nSPS) is 15.8. The number of allylic oxidation sites excluding steroid dienone is 2. The number of benzene rings is 8. The maximum atomic E-state index is 7.00. The lowest BCUT2D eigenvalue weighted by atomic mass is 9.82. The number of ether oxygens (including phenoxy) is 1. The van der Waals surface area contributed by atoms with Gasteiger partial charge in [0.05, 0.1) is 5.69 Å². The average molecular weight is 722 g/mol. The Balaban J connectivity index is 0.993. The molecule has 0 fully saturated rings. The fourth-order valence-corrected chi connectivity index (χ4v) is 9.80. The molecule has 0 spiro atoms. The summed E-state index contributed by atoms with van der Waals surface area (Å²) in [5.74, 6) is 1.13. The van der Waals surface area contributed by atoms with Crippen molar-refractivity contribution in [1.82, 2.24) is 0 Å². The molecule has 0 saturated heterocycles. The molecule has 1 aromatic heterocycles. The number of rotatable bonds is 6. The van der Waals surface area contributed by atoms with Crippen molar-refractivity contribution in [2.24, 2.45) is 0 Å². The van der Waals surface area contributed by atoms with Crippen molar-refractivity contribution in [2.45, 2.75) is 12.0 Å². The standard InChI is InChI=1S/C52H35NOS/c1-3-13-34(14-4-1)35-25-29-38(30-26-35)53(47-22-12-24-49-50(47)44-19-9-10-23-48(44)55-49)39-31-27-37(28-32-39)40-20-11-21-43-46-33-45(36-15-5-2-6-16-36)41-17-7-8-18-42(41)52(46)54-51(40)43/h1-33,43,51H. The molecule has 260 valence electrons. The van der Waals surface area contributed by atoms with Crippen LogP contribution >= 0.6 is 11.3 Å². The van der Waals surface area contributed by atoms with Gasteiger partial charge in [0, 0.05) is 54.0 Å². The predicted molar refractivity (Wildman–Crippen MR) is 233 cm³/mol. The fourth-order valence-electron chi connectivity index (χ4n) is 8.67. The molecule has 2 nitrogen and oxygen atoms in total. The van der Waals surface area contributed by atoms with Crippen LogP contribution < -0.4 is 9.64 Å². The van der Waals surface area contributed by atoms with E-state index in [1.165, 1.54) is 75.6 Å². The van der Waals surface area contributed by atoms with Gasteiger partial charge in [-0.05, 0) is 81.7 Å². The fraction of sp³-hybridized carbons (Fsp3) is 0.0385. The topological polar surface area (TPSA) is 12.5 Å². The Kier molecular flexibility index (Phi) is 7.53. The summed E-state index contributed by atoms with van der Waals surface area (Å²) >= 11 is 1.85. The van der Waals surface area contributed by atoms with E-state index in [2.05, 4.69) is 205 Å². The molecular weight excluding hydrogens is 687 g/mol. The van der Waals surface area contributed by atoms with Crippen molar-refractivity contribution < 1.29 is 4.74 Å². The third-order valence-corrected chi connectivity index (χ3v) is 12.4. The number of nitrogens with zero attached hydrogens (tertiary/aromatic N) is 1. The zero-order chi connectivity index (χ0) is 36.3. The van der Waals surface area contributed by atoms with Crippen molar-refractivity contribution in [3.63, 3.8) is 0 Å². The molecule has 11 rings (SSSR count). The lowest BCUT2D eigenvalue weighted by Crippen LogP contribution is -2.21. The van der Waals surface area contributed by atoms with Crippen LogP contribution in [0.1, 0.15) is 17.0 Å². The van der Waals surface area contributed by atoms with E-state index in [0.29, 0.717) is 0 Å². The smallest absolute Gasteiger partial charge is 0.135 e. The molecule has 0 radical (unpaired) electrons. The molecule has 2 aliphatic rings. The van der Waals surface area contributed by atoms with Gasteiger partial charge in [-0.2, -0.15) is 0 Å². The molecule has 1 aliphatic carbocycles. The van der Waals surface area contributed by atoms with E-state index in [0.717, 1.165) is 17.1 Å². The molecular formula is C52H35NOS. The molecule has 0 bridgehead atoms. The van der Waals surface area contributed by atoms with Gasteiger partial charge in [0.2, 0.25) is 0 Å². The Morgan fingerprint density at radius 2 is 1.09 bits per heavy atom. The van der Waals surface area contributed by atoms with Crippen LogP contribution in [0, 0.1) is 0 Å². The van der Waals surface area contributed by atoms with Crippen LogP contribution in [0.5, 0.6) is 5.75 Å². The summed E-state index contributed by atoms with van der Waals surface area (Å²) in [6.07, 6.45) is 6.65. The minimum atomic E-state index is -0.104. The third kappa shape index (κ3) is 5.31. The summed E-state index contributed by atoms with van der Waals surface area (Å²) in [7, 11) is 0. The van der Waals surface area contributed by atoms with Gasteiger partial charge in [-0.3, -0.25) is 0 Å². The van der Waals surface area contributed by atoms with Crippen molar-refractivity contribution >= 4 is 64.9 Å². The highest BCUT2D eigenvalue weighted by Crippen LogP contribution is 2.52. The number of anilines is 3. The number of thiophene rings is 1. The zero-order valence-corrected chi connectivity index (χ0v) is 30.8. The second kappa shape index (κ2) is 13.0. The molecule has 8 aromatic carbocycles. The molecule has 2 heterocycles. The van der Waals surface area contributed by atoms with Gasteiger partial charge in [-0.25, -0.2) is 0 Å². The van der Waals surface area contributed by atoms with Gasteiger partial charge in [0.1, 0.15) is 11.9 Å². The molecule has 55 heavy (non-hydrogen) atoms. The van der Waals surface area contributed by atoms with E-state index in [-0.39, 0.29) is 12.0 Å². The second-order valence-corrected chi connectivity index (χ2v) is 15.5. The summed E-state index contributed by atoms with van der Waals surface area (Å²) in [5.41, 5.74) is 11.9. The number of hydrogen-bond donors (Lipinski definition) is 0. The van der Waals surface area contributed by atoms with Crippen LogP contribution in [-0.2, 0) is 0 Å². The highest BCUT2D eigenvalue weighted by Gasteiger charge is 2.38. The Bertz CT molecular complexity index is 2940. The lowest BCUT2D eigenvalue weighted by Gasteiger charge is -2.28. The molecule has 1 aliphatic heterocycles. The van der Waals surface area contributed by atoms with E-state index in [4.69, 9.17) is 4.74 Å². The monoisotopic (exact) mass is 721 g/mol. The van der Waals surface area contributed by atoms with E-state index in [1.807, 2.05) is 11.3 Å². The maximum absolute atomic E-state index is 7.00. The van der Waals surface area contributed by atoms with E-state index < -0.39 is 0 Å². The van der Waals surface area contributed by atoms with E-state index in [1.54, 1.807) is 0 Å². The van der Waals surface area contributed by atoms with Gasteiger partial charge >= 0.3 is 0 Å².